The van der Waals surface area contributed by atoms with Crippen LogP contribution in [0.15, 0.2) is 30.5 Å². The van der Waals surface area contributed by atoms with Crippen LogP contribution in [0, 0.1) is 0 Å². The molecule has 0 atom stereocenters. The number of fused-ring (bicyclic) bond motifs is 1. The Hall–Kier alpha value is -2.04. The summed E-state index contributed by atoms with van der Waals surface area (Å²) in [6.45, 7) is 2.68. The number of carbonyl (C=O) groups excluding carboxylic acids is 1. The highest BCUT2D eigenvalue weighted by Crippen LogP contribution is 2.15. The minimum atomic E-state index is -0.457. The summed E-state index contributed by atoms with van der Waals surface area (Å²) < 4.78 is 1.73. The summed E-state index contributed by atoms with van der Waals surface area (Å²) in [5.41, 5.74) is 6.32. The second kappa shape index (κ2) is 4.86. The first kappa shape index (κ1) is 11.4. The van der Waals surface area contributed by atoms with Gasteiger partial charge in [-0.15, -0.1) is 5.10 Å². The minimum absolute atomic E-state index is 0.457. The number of anilines is 1. The van der Waals surface area contributed by atoms with Gasteiger partial charge in [-0.25, -0.2) is 9.31 Å². The lowest BCUT2D eigenvalue weighted by Gasteiger charge is -2.16. The average molecular weight is 232 g/mol. The van der Waals surface area contributed by atoms with Gasteiger partial charge in [0.1, 0.15) is 0 Å². The van der Waals surface area contributed by atoms with Crippen molar-refractivity contribution < 1.29 is 4.79 Å². The highest BCUT2D eigenvalue weighted by Gasteiger charge is 2.14. The van der Waals surface area contributed by atoms with Crippen LogP contribution in [-0.2, 0) is 0 Å². The molecule has 0 spiro atoms. The van der Waals surface area contributed by atoms with E-state index in [4.69, 9.17) is 5.73 Å². The quantitative estimate of drug-likeness (QED) is 0.876. The first-order chi connectivity index (χ1) is 8.22. The van der Waals surface area contributed by atoms with Gasteiger partial charge in [0.05, 0.1) is 5.52 Å². The molecular weight excluding hydrogens is 216 g/mol. The Balaban J connectivity index is 2.31. The van der Waals surface area contributed by atoms with Crippen molar-refractivity contribution in [3.8, 4) is 0 Å². The molecule has 2 aromatic rings. The maximum atomic E-state index is 11.4. The molecule has 0 aliphatic heterocycles. The number of carbonyl (C=O) groups is 1. The Morgan fingerprint density at radius 3 is 3.00 bits per heavy atom. The van der Waals surface area contributed by atoms with Gasteiger partial charge in [-0.3, -0.25) is 4.90 Å². The zero-order chi connectivity index (χ0) is 12.3. The third-order valence-corrected chi connectivity index (χ3v) is 2.63. The van der Waals surface area contributed by atoms with Crippen LogP contribution in [0.25, 0.3) is 5.52 Å². The van der Waals surface area contributed by atoms with E-state index in [1.165, 1.54) is 4.90 Å². The fourth-order valence-electron chi connectivity index (χ4n) is 1.71. The lowest BCUT2D eigenvalue weighted by atomic mass is 10.3. The van der Waals surface area contributed by atoms with Crippen molar-refractivity contribution in [2.45, 2.75) is 19.8 Å². The standard InChI is InChI=1S/C12H16N4O/c1-2-3-7-15(12(13)17)11-9-10-6-4-5-8-16(10)14-11/h4-6,8-9H,2-3,7H2,1H3,(H2,13,17). The van der Waals surface area contributed by atoms with E-state index >= 15 is 0 Å². The monoisotopic (exact) mass is 232 g/mol. The molecule has 2 aromatic heterocycles. The molecule has 90 valence electrons. The average Bonchev–Trinajstić information content (AvgIpc) is 2.72. The van der Waals surface area contributed by atoms with Crippen molar-refractivity contribution in [2.24, 2.45) is 5.73 Å². The largest absolute Gasteiger partial charge is 0.351 e. The number of amides is 2. The van der Waals surface area contributed by atoms with Crippen LogP contribution in [0.5, 0.6) is 0 Å². The zero-order valence-electron chi connectivity index (χ0n) is 9.84. The van der Waals surface area contributed by atoms with Crippen LogP contribution in [0.1, 0.15) is 19.8 Å². The van der Waals surface area contributed by atoms with Crippen LogP contribution in [0.3, 0.4) is 0 Å². The van der Waals surface area contributed by atoms with E-state index in [0.717, 1.165) is 18.4 Å². The summed E-state index contributed by atoms with van der Waals surface area (Å²) in [6.07, 6.45) is 3.77. The molecule has 0 aromatic carbocycles. The van der Waals surface area contributed by atoms with Gasteiger partial charge in [0.15, 0.2) is 5.82 Å². The maximum absolute atomic E-state index is 11.4. The van der Waals surface area contributed by atoms with Crippen molar-refractivity contribution in [1.29, 1.82) is 0 Å². The fourth-order valence-corrected chi connectivity index (χ4v) is 1.71. The molecular formula is C12H16N4O. The highest BCUT2D eigenvalue weighted by atomic mass is 16.2. The number of rotatable bonds is 4. The van der Waals surface area contributed by atoms with E-state index in [1.807, 2.05) is 30.5 Å². The molecule has 17 heavy (non-hydrogen) atoms. The minimum Gasteiger partial charge on any atom is -0.351 e. The number of unbranched alkanes of at least 4 members (excludes halogenated alkanes) is 1. The van der Waals surface area contributed by atoms with Gasteiger partial charge in [-0.1, -0.05) is 19.4 Å². The van der Waals surface area contributed by atoms with Crippen molar-refractivity contribution >= 4 is 17.4 Å². The van der Waals surface area contributed by atoms with Crippen LogP contribution in [0.4, 0.5) is 10.6 Å². The first-order valence-electron chi connectivity index (χ1n) is 5.73. The molecule has 5 heteroatoms. The van der Waals surface area contributed by atoms with Crippen molar-refractivity contribution in [3.05, 3.63) is 30.5 Å². The molecule has 0 aliphatic rings. The van der Waals surface area contributed by atoms with Gasteiger partial charge >= 0.3 is 6.03 Å². The molecule has 0 saturated heterocycles. The van der Waals surface area contributed by atoms with Gasteiger partial charge in [0.2, 0.25) is 0 Å². The number of nitrogens with two attached hydrogens (primary N) is 1. The molecule has 5 nitrogen and oxygen atoms in total. The van der Waals surface area contributed by atoms with Gasteiger partial charge in [0, 0.05) is 18.8 Å². The molecule has 0 bridgehead atoms. The number of nitrogens with zero attached hydrogens (tertiary/aromatic N) is 3. The summed E-state index contributed by atoms with van der Waals surface area (Å²) in [5.74, 6) is 0.608. The van der Waals surface area contributed by atoms with Crippen molar-refractivity contribution in [1.82, 2.24) is 9.61 Å². The molecule has 2 N–H and O–H groups in total. The third-order valence-electron chi connectivity index (χ3n) is 2.63. The van der Waals surface area contributed by atoms with Crippen molar-refractivity contribution in [3.63, 3.8) is 0 Å². The molecule has 2 heterocycles. The van der Waals surface area contributed by atoms with E-state index in [1.54, 1.807) is 4.52 Å². The Morgan fingerprint density at radius 2 is 2.35 bits per heavy atom. The number of pyridine rings is 1. The third kappa shape index (κ3) is 2.38. The van der Waals surface area contributed by atoms with Gasteiger partial charge in [-0.2, -0.15) is 0 Å². The first-order valence-corrected chi connectivity index (χ1v) is 5.73. The molecule has 0 aliphatic carbocycles. The predicted octanol–water partition coefficient (Wildman–Crippen LogP) is 2.02. The van der Waals surface area contributed by atoms with E-state index < -0.39 is 6.03 Å². The zero-order valence-corrected chi connectivity index (χ0v) is 9.84. The lowest BCUT2D eigenvalue weighted by molar-refractivity contribution is 0.253. The molecule has 2 amide bonds. The summed E-state index contributed by atoms with van der Waals surface area (Å²) in [7, 11) is 0. The Morgan fingerprint density at radius 1 is 1.53 bits per heavy atom. The molecule has 0 saturated carbocycles. The van der Waals surface area contributed by atoms with Gasteiger partial charge in [-0.05, 0) is 18.6 Å². The van der Waals surface area contributed by atoms with Crippen LogP contribution >= 0.6 is 0 Å². The molecule has 0 fully saturated rings. The number of hydrogen-bond donors (Lipinski definition) is 1. The number of primary amides is 1. The Kier molecular flexibility index (Phi) is 3.27. The van der Waals surface area contributed by atoms with Gasteiger partial charge < -0.3 is 5.73 Å². The van der Waals surface area contributed by atoms with E-state index in [9.17, 15) is 4.79 Å². The number of hydrogen-bond acceptors (Lipinski definition) is 2. The Bertz CT molecular complexity index is 487. The summed E-state index contributed by atoms with van der Waals surface area (Å²) >= 11 is 0. The second-order valence-corrected chi connectivity index (χ2v) is 3.92. The van der Waals surface area contributed by atoms with Gasteiger partial charge in [0.25, 0.3) is 0 Å². The van der Waals surface area contributed by atoms with E-state index in [-0.39, 0.29) is 0 Å². The maximum Gasteiger partial charge on any atom is 0.320 e. The molecule has 2 rings (SSSR count). The second-order valence-electron chi connectivity index (χ2n) is 3.92. The van der Waals surface area contributed by atoms with E-state index in [2.05, 4.69) is 12.0 Å². The number of aromatic nitrogens is 2. The summed E-state index contributed by atoms with van der Waals surface area (Å²) in [5, 5.41) is 4.33. The molecule has 0 unspecified atom stereocenters. The topological polar surface area (TPSA) is 63.6 Å². The van der Waals surface area contributed by atoms with Crippen LogP contribution < -0.4 is 10.6 Å². The number of urea groups is 1. The smallest absolute Gasteiger partial charge is 0.320 e. The summed E-state index contributed by atoms with van der Waals surface area (Å²) in [4.78, 5) is 12.9. The Labute approximate surface area is 99.8 Å². The van der Waals surface area contributed by atoms with E-state index in [0.29, 0.717) is 12.4 Å². The lowest BCUT2D eigenvalue weighted by Crippen LogP contribution is -2.36. The van der Waals surface area contributed by atoms with Crippen LogP contribution in [0.2, 0.25) is 0 Å². The summed E-state index contributed by atoms with van der Waals surface area (Å²) in [6, 6.07) is 7.17. The highest BCUT2D eigenvalue weighted by molar-refractivity contribution is 5.90. The predicted molar refractivity (Wildman–Crippen MR) is 67.0 cm³/mol. The normalized spacial score (nSPS) is 10.6. The van der Waals surface area contributed by atoms with Crippen molar-refractivity contribution in [2.75, 3.05) is 11.4 Å². The molecule has 0 radical (unpaired) electrons. The fraction of sp³-hybridized carbons (Fsp3) is 0.333. The SMILES string of the molecule is CCCCN(C(N)=O)c1cc2ccccn2n1. The van der Waals surface area contributed by atoms with Crippen LogP contribution in [-0.4, -0.2) is 22.2 Å².